The second-order valence-corrected chi connectivity index (χ2v) is 4.44. The standard InChI is InChI=1S/C13H13ClN2O/c1-10(11-4-2-5-12(14)9-11)8-13(17)16-7-3-6-15-16/h2-7,9-10H,8H2,1H3. The van der Waals surface area contributed by atoms with E-state index in [4.69, 9.17) is 11.6 Å². The SMILES string of the molecule is CC(CC(=O)n1cccn1)c1cccc(Cl)c1. The summed E-state index contributed by atoms with van der Waals surface area (Å²) in [5.74, 6) is 0.118. The Morgan fingerprint density at radius 1 is 1.47 bits per heavy atom. The van der Waals surface area contributed by atoms with E-state index in [9.17, 15) is 4.79 Å². The molecule has 0 aliphatic rings. The highest BCUT2D eigenvalue weighted by molar-refractivity contribution is 6.30. The summed E-state index contributed by atoms with van der Waals surface area (Å²) in [6.45, 7) is 2.01. The Kier molecular flexibility index (Phi) is 3.59. The van der Waals surface area contributed by atoms with Gasteiger partial charge < -0.3 is 0 Å². The summed E-state index contributed by atoms with van der Waals surface area (Å²) >= 11 is 5.92. The van der Waals surface area contributed by atoms with Crippen LogP contribution in [0.2, 0.25) is 5.02 Å². The summed E-state index contributed by atoms with van der Waals surface area (Å²) in [5.41, 5.74) is 1.07. The Bertz CT molecular complexity index is 508. The van der Waals surface area contributed by atoms with E-state index < -0.39 is 0 Å². The molecule has 0 bridgehead atoms. The maximum Gasteiger partial charge on any atom is 0.247 e. The minimum atomic E-state index is -0.0116. The number of carbonyl (C=O) groups excluding carboxylic acids is 1. The van der Waals surface area contributed by atoms with Gasteiger partial charge in [-0.05, 0) is 29.7 Å². The Morgan fingerprint density at radius 2 is 2.29 bits per heavy atom. The first-order chi connectivity index (χ1) is 8.16. The number of hydrogen-bond donors (Lipinski definition) is 0. The van der Waals surface area contributed by atoms with Crippen LogP contribution >= 0.6 is 11.6 Å². The van der Waals surface area contributed by atoms with Crippen LogP contribution in [0.3, 0.4) is 0 Å². The molecule has 0 spiro atoms. The molecule has 1 atom stereocenters. The zero-order chi connectivity index (χ0) is 12.3. The Morgan fingerprint density at radius 3 is 2.94 bits per heavy atom. The molecular formula is C13H13ClN2O. The Balaban J connectivity index is 2.07. The molecule has 0 radical (unpaired) electrons. The number of nitrogens with zero attached hydrogens (tertiary/aromatic N) is 2. The lowest BCUT2D eigenvalue weighted by atomic mass is 9.98. The van der Waals surface area contributed by atoms with E-state index in [0.717, 1.165) is 5.56 Å². The van der Waals surface area contributed by atoms with Crippen LogP contribution in [-0.4, -0.2) is 15.7 Å². The third-order valence-electron chi connectivity index (χ3n) is 2.66. The van der Waals surface area contributed by atoms with Crippen LogP contribution in [0, 0.1) is 0 Å². The lowest BCUT2D eigenvalue weighted by Crippen LogP contribution is -2.13. The average Bonchev–Trinajstić information content (AvgIpc) is 2.82. The average molecular weight is 249 g/mol. The van der Waals surface area contributed by atoms with Gasteiger partial charge in [-0.3, -0.25) is 4.79 Å². The van der Waals surface area contributed by atoms with E-state index in [1.165, 1.54) is 4.68 Å². The van der Waals surface area contributed by atoms with Gasteiger partial charge >= 0.3 is 0 Å². The van der Waals surface area contributed by atoms with E-state index in [0.29, 0.717) is 11.4 Å². The maximum atomic E-state index is 11.8. The van der Waals surface area contributed by atoms with Crippen LogP contribution in [0.1, 0.15) is 29.6 Å². The fourth-order valence-electron chi connectivity index (χ4n) is 1.70. The number of hydrogen-bond acceptors (Lipinski definition) is 2. The van der Waals surface area contributed by atoms with Crippen molar-refractivity contribution in [2.24, 2.45) is 0 Å². The molecule has 0 saturated heterocycles. The number of rotatable bonds is 3. The van der Waals surface area contributed by atoms with Crippen LogP contribution in [0.15, 0.2) is 42.7 Å². The predicted octanol–water partition coefficient (Wildman–Crippen LogP) is 3.37. The van der Waals surface area contributed by atoms with Gasteiger partial charge in [0.1, 0.15) is 0 Å². The van der Waals surface area contributed by atoms with Gasteiger partial charge in [-0.15, -0.1) is 0 Å². The summed E-state index contributed by atoms with van der Waals surface area (Å²) in [6.07, 6.45) is 3.68. The molecule has 4 heteroatoms. The normalized spacial score (nSPS) is 12.4. The number of carbonyl (C=O) groups is 1. The van der Waals surface area contributed by atoms with Gasteiger partial charge in [0.25, 0.3) is 0 Å². The van der Waals surface area contributed by atoms with Gasteiger partial charge in [0.05, 0.1) is 0 Å². The predicted molar refractivity (Wildman–Crippen MR) is 67.3 cm³/mol. The highest BCUT2D eigenvalue weighted by atomic mass is 35.5. The maximum absolute atomic E-state index is 11.8. The zero-order valence-corrected chi connectivity index (χ0v) is 10.3. The van der Waals surface area contributed by atoms with Crippen LogP contribution in [0.25, 0.3) is 0 Å². The first-order valence-corrected chi connectivity index (χ1v) is 5.83. The van der Waals surface area contributed by atoms with Crippen LogP contribution < -0.4 is 0 Å². The van der Waals surface area contributed by atoms with Gasteiger partial charge in [-0.25, -0.2) is 4.68 Å². The van der Waals surface area contributed by atoms with Crippen molar-refractivity contribution in [2.45, 2.75) is 19.3 Å². The van der Waals surface area contributed by atoms with Gasteiger partial charge in [-0.1, -0.05) is 30.7 Å². The Hall–Kier alpha value is -1.61. The largest absolute Gasteiger partial charge is 0.273 e. The molecule has 3 nitrogen and oxygen atoms in total. The van der Waals surface area contributed by atoms with Crippen molar-refractivity contribution < 1.29 is 4.79 Å². The quantitative estimate of drug-likeness (QED) is 0.835. The second kappa shape index (κ2) is 5.15. The molecule has 0 amide bonds. The summed E-state index contributed by atoms with van der Waals surface area (Å²) in [5, 5.41) is 4.62. The van der Waals surface area contributed by atoms with Gasteiger partial charge in [0, 0.05) is 23.8 Å². The topological polar surface area (TPSA) is 34.9 Å². The highest BCUT2D eigenvalue weighted by Gasteiger charge is 2.13. The molecule has 2 aromatic rings. The Labute approximate surface area is 105 Å². The molecule has 0 N–H and O–H groups in total. The molecule has 2 rings (SSSR count). The van der Waals surface area contributed by atoms with E-state index >= 15 is 0 Å². The smallest absolute Gasteiger partial charge is 0.247 e. The van der Waals surface area contributed by atoms with Crippen molar-refractivity contribution >= 4 is 17.5 Å². The molecule has 1 heterocycles. The van der Waals surface area contributed by atoms with Gasteiger partial charge in [0.2, 0.25) is 5.91 Å². The number of halogens is 1. The highest BCUT2D eigenvalue weighted by Crippen LogP contribution is 2.22. The molecular weight excluding hydrogens is 236 g/mol. The molecule has 88 valence electrons. The molecule has 0 fully saturated rings. The lowest BCUT2D eigenvalue weighted by Gasteiger charge is -2.11. The first-order valence-electron chi connectivity index (χ1n) is 5.45. The summed E-state index contributed by atoms with van der Waals surface area (Å²) in [7, 11) is 0. The number of aromatic nitrogens is 2. The zero-order valence-electron chi connectivity index (χ0n) is 9.51. The van der Waals surface area contributed by atoms with E-state index in [1.807, 2.05) is 31.2 Å². The molecule has 0 aliphatic heterocycles. The third kappa shape index (κ3) is 2.94. The second-order valence-electron chi connectivity index (χ2n) is 4.00. The molecule has 17 heavy (non-hydrogen) atoms. The first kappa shape index (κ1) is 11.9. The van der Waals surface area contributed by atoms with Crippen molar-refractivity contribution in [1.29, 1.82) is 0 Å². The molecule has 1 aromatic heterocycles. The lowest BCUT2D eigenvalue weighted by molar-refractivity contribution is 0.0879. The molecule has 0 saturated carbocycles. The fraction of sp³-hybridized carbons (Fsp3) is 0.231. The minimum Gasteiger partial charge on any atom is -0.273 e. The van der Waals surface area contributed by atoms with E-state index in [-0.39, 0.29) is 11.8 Å². The van der Waals surface area contributed by atoms with Crippen LogP contribution in [-0.2, 0) is 0 Å². The van der Waals surface area contributed by atoms with Crippen molar-refractivity contribution in [3.05, 3.63) is 53.3 Å². The van der Waals surface area contributed by atoms with Crippen molar-refractivity contribution in [1.82, 2.24) is 9.78 Å². The molecule has 1 aromatic carbocycles. The van der Waals surface area contributed by atoms with Crippen molar-refractivity contribution in [3.8, 4) is 0 Å². The van der Waals surface area contributed by atoms with Crippen LogP contribution in [0.5, 0.6) is 0 Å². The monoisotopic (exact) mass is 248 g/mol. The molecule has 1 unspecified atom stereocenters. The number of benzene rings is 1. The molecule has 0 aliphatic carbocycles. The summed E-state index contributed by atoms with van der Waals surface area (Å²) in [6, 6.07) is 9.33. The van der Waals surface area contributed by atoms with Gasteiger partial charge in [-0.2, -0.15) is 5.10 Å². The van der Waals surface area contributed by atoms with Crippen molar-refractivity contribution in [3.63, 3.8) is 0 Å². The summed E-state index contributed by atoms with van der Waals surface area (Å²) in [4.78, 5) is 11.8. The van der Waals surface area contributed by atoms with Gasteiger partial charge in [0.15, 0.2) is 0 Å². The van der Waals surface area contributed by atoms with Crippen molar-refractivity contribution in [2.75, 3.05) is 0 Å². The summed E-state index contributed by atoms with van der Waals surface area (Å²) < 4.78 is 1.36. The third-order valence-corrected chi connectivity index (χ3v) is 2.89. The van der Waals surface area contributed by atoms with E-state index in [2.05, 4.69) is 5.10 Å². The van der Waals surface area contributed by atoms with Crippen LogP contribution in [0.4, 0.5) is 0 Å². The van der Waals surface area contributed by atoms with E-state index in [1.54, 1.807) is 18.5 Å². The fourth-order valence-corrected chi connectivity index (χ4v) is 1.90. The minimum absolute atomic E-state index is 0.0116.